The number of nitriles is 1. The molecular formula is C6H9NO3. The van der Waals surface area contributed by atoms with Gasteiger partial charge >= 0.3 is 5.97 Å². The first-order chi connectivity index (χ1) is 4.59. The lowest BCUT2D eigenvalue weighted by atomic mass is 10.0. The van der Waals surface area contributed by atoms with Crippen LogP contribution in [-0.4, -0.2) is 22.3 Å². The molecule has 0 heterocycles. The van der Waals surface area contributed by atoms with E-state index in [4.69, 9.17) is 15.5 Å². The molecule has 2 atom stereocenters. The van der Waals surface area contributed by atoms with Crippen LogP contribution < -0.4 is 0 Å². The molecule has 0 rings (SSSR count). The molecule has 0 spiro atoms. The molecule has 0 aliphatic heterocycles. The Labute approximate surface area is 58.7 Å². The summed E-state index contributed by atoms with van der Waals surface area (Å²) in [6, 6.07) is 1.69. The minimum Gasteiger partial charge on any atom is -0.481 e. The van der Waals surface area contributed by atoms with E-state index >= 15 is 0 Å². The van der Waals surface area contributed by atoms with Crippen LogP contribution in [0.4, 0.5) is 0 Å². The zero-order chi connectivity index (χ0) is 8.15. The summed E-state index contributed by atoms with van der Waals surface area (Å²) in [5, 5.41) is 25.3. The van der Waals surface area contributed by atoms with Gasteiger partial charge in [0.15, 0.2) is 0 Å². The first-order valence-corrected chi connectivity index (χ1v) is 2.87. The van der Waals surface area contributed by atoms with Gasteiger partial charge in [0.05, 0.1) is 24.5 Å². The normalized spacial score (nSPS) is 15.3. The molecular weight excluding hydrogens is 134 g/mol. The number of aliphatic carboxylic acids is 1. The first-order valence-electron chi connectivity index (χ1n) is 2.87. The van der Waals surface area contributed by atoms with Gasteiger partial charge in [-0.3, -0.25) is 4.79 Å². The maximum atomic E-state index is 10.1. The standard InChI is InChI=1S/C6H9NO3/c1-4(6(9)10)5(8)2-3-7/h4-5,8H,2H2,1H3,(H,9,10)/t4-,5?/m0/s1. The third-order valence-electron chi connectivity index (χ3n) is 1.27. The van der Waals surface area contributed by atoms with E-state index in [0.29, 0.717) is 0 Å². The van der Waals surface area contributed by atoms with Crippen molar-refractivity contribution in [3.63, 3.8) is 0 Å². The van der Waals surface area contributed by atoms with Crippen molar-refractivity contribution in [2.24, 2.45) is 5.92 Å². The topological polar surface area (TPSA) is 81.3 Å². The second-order valence-electron chi connectivity index (χ2n) is 2.06. The molecule has 4 heteroatoms. The molecule has 0 aliphatic rings. The summed E-state index contributed by atoms with van der Waals surface area (Å²) in [6.07, 6.45) is -1.18. The van der Waals surface area contributed by atoms with E-state index < -0.39 is 18.0 Å². The lowest BCUT2D eigenvalue weighted by Crippen LogP contribution is -2.24. The first kappa shape index (κ1) is 8.92. The van der Waals surface area contributed by atoms with Crippen LogP contribution in [0.5, 0.6) is 0 Å². The Hall–Kier alpha value is -1.08. The molecule has 0 aliphatic carbocycles. The summed E-state index contributed by atoms with van der Waals surface area (Å²) in [7, 11) is 0. The number of aliphatic hydroxyl groups excluding tert-OH is 1. The predicted molar refractivity (Wildman–Crippen MR) is 33.0 cm³/mol. The van der Waals surface area contributed by atoms with E-state index in [0.717, 1.165) is 0 Å². The van der Waals surface area contributed by atoms with Gasteiger partial charge in [-0.05, 0) is 6.92 Å². The van der Waals surface area contributed by atoms with Crippen molar-refractivity contribution < 1.29 is 15.0 Å². The molecule has 0 amide bonds. The number of carbonyl (C=O) groups is 1. The van der Waals surface area contributed by atoms with E-state index in [-0.39, 0.29) is 6.42 Å². The summed E-state index contributed by atoms with van der Waals surface area (Å²) in [4.78, 5) is 10.1. The Morgan fingerprint density at radius 3 is 2.60 bits per heavy atom. The highest BCUT2D eigenvalue weighted by atomic mass is 16.4. The molecule has 0 fully saturated rings. The van der Waals surface area contributed by atoms with Crippen molar-refractivity contribution in [1.29, 1.82) is 5.26 Å². The van der Waals surface area contributed by atoms with E-state index in [1.54, 1.807) is 6.07 Å². The second-order valence-corrected chi connectivity index (χ2v) is 2.06. The summed E-state index contributed by atoms with van der Waals surface area (Å²) in [5.74, 6) is -1.94. The number of nitrogens with zero attached hydrogens (tertiary/aromatic N) is 1. The van der Waals surface area contributed by atoms with Gasteiger partial charge in [0.2, 0.25) is 0 Å². The van der Waals surface area contributed by atoms with Crippen molar-refractivity contribution in [3.8, 4) is 6.07 Å². The number of hydrogen-bond acceptors (Lipinski definition) is 3. The smallest absolute Gasteiger partial charge is 0.308 e. The molecule has 0 aromatic rings. The highest BCUT2D eigenvalue weighted by molar-refractivity contribution is 5.70. The van der Waals surface area contributed by atoms with Gasteiger partial charge in [0, 0.05) is 0 Å². The fourth-order valence-corrected chi connectivity index (χ4v) is 0.435. The van der Waals surface area contributed by atoms with Crippen LogP contribution in [0.2, 0.25) is 0 Å². The van der Waals surface area contributed by atoms with Crippen molar-refractivity contribution in [2.45, 2.75) is 19.4 Å². The molecule has 0 aromatic carbocycles. The van der Waals surface area contributed by atoms with Crippen molar-refractivity contribution in [1.82, 2.24) is 0 Å². The van der Waals surface area contributed by atoms with Crippen molar-refractivity contribution in [3.05, 3.63) is 0 Å². The Kier molecular flexibility index (Phi) is 3.44. The molecule has 2 N–H and O–H groups in total. The van der Waals surface area contributed by atoms with E-state index in [2.05, 4.69) is 0 Å². The molecule has 0 radical (unpaired) electrons. The summed E-state index contributed by atoms with van der Waals surface area (Å²) in [5.41, 5.74) is 0. The van der Waals surface area contributed by atoms with Gasteiger partial charge < -0.3 is 10.2 Å². The lowest BCUT2D eigenvalue weighted by Gasteiger charge is -2.09. The van der Waals surface area contributed by atoms with Crippen LogP contribution in [-0.2, 0) is 4.79 Å². The highest BCUT2D eigenvalue weighted by Gasteiger charge is 2.20. The van der Waals surface area contributed by atoms with Crippen LogP contribution in [0.25, 0.3) is 0 Å². The minimum atomic E-state index is -1.08. The SMILES string of the molecule is C[C@H](C(=O)O)C(O)CC#N. The number of aliphatic hydroxyl groups is 1. The monoisotopic (exact) mass is 143 g/mol. The van der Waals surface area contributed by atoms with Crippen LogP contribution >= 0.6 is 0 Å². The number of carboxylic acids is 1. The Morgan fingerprint density at radius 1 is 1.80 bits per heavy atom. The molecule has 56 valence electrons. The molecule has 4 nitrogen and oxygen atoms in total. The zero-order valence-corrected chi connectivity index (χ0v) is 5.61. The molecule has 0 saturated heterocycles. The molecule has 0 aromatic heterocycles. The van der Waals surface area contributed by atoms with E-state index in [1.807, 2.05) is 0 Å². The lowest BCUT2D eigenvalue weighted by molar-refractivity contribution is -0.144. The zero-order valence-electron chi connectivity index (χ0n) is 5.61. The van der Waals surface area contributed by atoms with Crippen LogP contribution in [0.1, 0.15) is 13.3 Å². The largest absolute Gasteiger partial charge is 0.481 e. The van der Waals surface area contributed by atoms with Gasteiger partial charge in [0.25, 0.3) is 0 Å². The van der Waals surface area contributed by atoms with Gasteiger partial charge in [-0.1, -0.05) is 0 Å². The molecule has 0 bridgehead atoms. The van der Waals surface area contributed by atoms with Crippen molar-refractivity contribution >= 4 is 5.97 Å². The van der Waals surface area contributed by atoms with Gasteiger partial charge in [-0.15, -0.1) is 0 Å². The van der Waals surface area contributed by atoms with Gasteiger partial charge in [-0.25, -0.2) is 0 Å². The van der Waals surface area contributed by atoms with Crippen LogP contribution in [0.3, 0.4) is 0 Å². The fraction of sp³-hybridized carbons (Fsp3) is 0.667. The van der Waals surface area contributed by atoms with Crippen LogP contribution in [0.15, 0.2) is 0 Å². The number of carboxylic acid groups (broad SMARTS) is 1. The highest BCUT2D eigenvalue weighted by Crippen LogP contribution is 2.05. The Bertz CT molecular complexity index is 161. The second kappa shape index (κ2) is 3.85. The number of rotatable bonds is 3. The maximum absolute atomic E-state index is 10.1. The average Bonchev–Trinajstić information content (AvgIpc) is 1.87. The maximum Gasteiger partial charge on any atom is 0.308 e. The van der Waals surface area contributed by atoms with E-state index in [9.17, 15) is 4.79 Å². The Morgan fingerprint density at radius 2 is 2.30 bits per heavy atom. The van der Waals surface area contributed by atoms with Crippen molar-refractivity contribution in [2.75, 3.05) is 0 Å². The summed E-state index contributed by atoms with van der Waals surface area (Å²) < 4.78 is 0. The summed E-state index contributed by atoms with van der Waals surface area (Å²) >= 11 is 0. The van der Waals surface area contributed by atoms with E-state index in [1.165, 1.54) is 6.92 Å². The minimum absolute atomic E-state index is 0.131. The Balaban J connectivity index is 3.84. The third kappa shape index (κ3) is 2.46. The third-order valence-corrected chi connectivity index (χ3v) is 1.27. The quantitative estimate of drug-likeness (QED) is 0.581. The fourth-order valence-electron chi connectivity index (χ4n) is 0.435. The number of hydrogen-bond donors (Lipinski definition) is 2. The average molecular weight is 143 g/mol. The summed E-state index contributed by atoms with van der Waals surface area (Å²) in [6.45, 7) is 1.37. The predicted octanol–water partition coefficient (Wildman–Crippen LogP) is -0.0183. The molecule has 10 heavy (non-hydrogen) atoms. The van der Waals surface area contributed by atoms with Crippen LogP contribution in [0, 0.1) is 17.2 Å². The van der Waals surface area contributed by atoms with Gasteiger partial charge in [0.1, 0.15) is 0 Å². The molecule has 0 saturated carbocycles. The molecule has 1 unspecified atom stereocenters. The van der Waals surface area contributed by atoms with Gasteiger partial charge in [-0.2, -0.15) is 5.26 Å².